The first-order valence-electron chi connectivity index (χ1n) is 4.66. The van der Waals surface area contributed by atoms with Gasteiger partial charge in [0.15, 0.2) is 0 Å². The van der Waals surface area contributed by atoms with Gasteiger partial charge in [0, 0.05) is 18.9 Å². The minimum absolute atomic E-state index is 0.122. The lowest BCUT2D eigenvalue weighted by molar-refractivity contribution is -0.141. The molecule has 5 heteroatoms. The summed E-state index contributed by atoms with van der Waals surface area (Å²) in [5.41, 5.74) is 0.874. The van der Waals surface area contributed by atoms with Crippen LogP contribution in [0.25, 0.3) is 6.08 Å². The zero-order chi connectivity index (χ0) is 12.1. The molecule has 0 saturated heterocycles. The number of carboxylic acid groups (broad SMARTS) is 1. The van der Waals surface area contributed by atoms with Gasteiger partial charge in [-0.1, -0.05) is 0 Å². The van der Waals surface area contributed by atoms with Gasteiger partial charge in [-0.3, -0.25) is 4.79 Å². The molecule has 1 rings (SSSR count). The van der Waals surface area contributed by atoms with E-state index in [4.69, 9.17) is 5.11 Å². The summed E-state index contributed by atoms with van der Waals surface area (Å²) in [6.07, 6.45) is 2.97. The van der Waals surface area contributed by atoms with E-state index in [1.54, 1.807) is 10.6 Å². The predicted molar refractivity (Wildman–Crippen MR) is 57.7 cm³/mol. The highest BCUT2D eigenvalue weighted by Crippen LogP contribution is 2.11. The van der Waals surface area contributed by atoms with Crippen molar-refractivity contribution in [2.45, 2.75) is 6.42 Å². The van der Waals surface area contributed by atoms with E-state index in [0.29, 0.717) is 0 Å². The van der Waals surface area contributed by atoms with Crippen molar-refractivity contribution >= 4 is 18.0 Å². The van der Waals surface area contributed by atoms with E-state index in [9.17, 15) is 9.59 Å². The number of carbonyl (C=O) groups excluding carboxylic acids is 1. The zero-order valence-corrected chi connectivity index (χ0v) is 9.14. The van der Waals surface area contributed by atoms with Crippen LogP contribution in [0.3, 0.4) is 0 Å². The molecule has 16 heavy (non-hydrogen) atoms. The topological polar surface area (TPSA) is 68.5 Å². The van der Waals surface area contributed by atoms with E-state index in [1.807, 2.05) is 19.3 Å². The fourth-order valence-electron chi connectivity index (χ4n) is 1.28. The summed E-state index contributed by atoms with van der Waals surface area (Å²) in [7, 11) is 3.03. The Morgan fingerprint density at radius 3 is 2.69 bits per heavy atom. The molecule has 1 aromatic heterocycles. The van der Waals surface area contributed by atoms with Crippen molar-refractivity contribution in [2.24, 2.45) is 7.05 Å². The Bertz CT molecular complexity index is 431. The molecule has 0 aliphatic carbocycles. The fourth-order valence-corrected chi connectivity index (χ4v) is 1.28. The van der Waals surface area contributed by atoms with Gasteiger partial charge in [0.05, 0.1) is 19.1 Å². The van der Waals surface area contributed by atoms with Crippen molar-refractivity contribution in [3.63, 3.8) is 0 Å². The second kappa shape index (κ2) is 5.16. The Labute approximate surface area is 92.9 Å². The van der Waals surface area contributed by atoms with Crippen LogP contribution >= 0.6 is 0 Å². The molecule has 0 aromatic carbocycles. The third-order valence-electron chi connectivity index (χ3n) is 2.10. The number of ether oxygens (including phenoxy) is 1. The van der Waals surface area contributed by atoms with Crippen molar-refractivity contribution < 1.29 is 19.4 Å². The minimum Gasteiger partial charge on any atom is -0.481 e. The van der Waals surface area contributed by atoms with Gasteiger partial charge in [-0.05, 0) is 18.2 Å². The van der Waals surface area contributed by atoms with Crippen LogP contribution in [0.1, 0.15) is 12.1 Å². The van der Waals surface area contributed by atoms with Crippen LogP contribution in [-0.4, -0.2) is 28.7 Å². The number of aryl methyl sites for hydroxylation is 1. The lowest BCUT2D eigenvalue weighted by Crippen LogP contribution is -2.09. The number of hydrogen-bond donors (Lipinski definition) is 1. The molecule has 1 N–H and O–H groups in total. The molecule has 0 unspecified atom stereocenters. The molecule has 0 radical (unpaired) electrons. The van der Waals surface area contributed by atoms with Crippen molar-refractivity contribution in [3.05, 3.63) is 29.6 Å². The average Bonchev–Trinajstić information content (AvgIpc) is 2.61. The Hall–Kier alpha value is -2.04. The van der Waals surface area contributed by atoms with Gasteiger partial charge >= 0.3 is 11.9 Å². The van der Waals surface area contributed by atoms with Gasteiger partial charge in [0.2, 0.25) is 0 Å². The molecule has 0 aliphatic heterocycles. The molecule has 0 amide bonds. The highest BCUT2D eigenvalue weighted by molar-refractivity contribution is 5.97. The largest absolute Gasteiger partial charge is 0.481 e. The first kappa shape index (κ1) is 12.0. The zero-order valence-electron chi connectivity index (χ0n) is 9.14. The van der Waals surface area contributed by atoms with Gasteiger partial charge in [-0.25, -0.2) is 4.79 Å². The average molecular weight is 223 g/mol. The summed E-state index contributed by atoms with van der Waals surface area (Å²) in [5, 5.41) is 8.67. The number of carboxylic acids is 1. The number of aromatic nitrogens is 1. The molecule has 0 bridgehead atoms. The molecule has 0 atom stereocenters. The SMILES string of the molecule is COC(=O)/C(=C/c1cccn1C)CC(=O)O. The number of aliphatic carboxylic acids is 1. The molecular formula is C11H13NO4. The Kier molecular flexibility index (Phi) is 3.88. The first-order chi connectivity index (χ1) is 7.54. The number of esters is 1. The van der Waals surface area contributed by atoms with Crippen molar-refractivity contribution in [1.29, 1.82) is 0 Å². The molecular weight excluding hydrogens is 210 g/mol. The Balaban J connectivity index is 3.01. The summed E-state index contributed by atoms with van der Waals surface area (Å²) in [4.78, 5) is 21.9. The normalized spacial score (nSPS) is 11.2. The van der Waals surface area contributed by atoms with Gasteiger partial charge in [-0.2, -0.15) is 0 Å². The third-order valence-corrected chi connectivity index (χ3v) is 2.10. The second-order valence-corrected chi connectivity index (χ2v) is 3.28. The summed E-state index contributed by atoms with van der Waals surface area (Å²) in [6, 6.07) is 3.59. The van der Waals surface area contributed by atoms with Crippen molar-refractivity contribution in [2.75, 3.05) is 7.11 Å². The number of nitrogens with zero attached hydrogens (tertiary/aromatic N) is 1. The summed E-state index contributed by atoms with van der Waals surface area (Å²) >= 11 is 0. The molecule has 0 spiro atoms. The number of rotatable bonds is 4. The monoisotopic (exact) mass is 223 g/mol. The van der Waals surface area contributed by atoms with Crippen LogP contribution in [0, 0.1) is 0 Å². The molecule has 1 aromatic rings. The molecule has 5 nitrogen and oxygen atoms in total. The highest BCUT2D eigenvalue weighted by atomic mass is 16.5. The standard InChI is InChI=1S/C11H13NO4/c1-12-5-3-4-9(12)6-8(7-10(13)14)11(15)16-2/h3-6H,7H2,1-2H3,(H,13,14)/b8-6+. The number of carbonyl (C=O) groups is 2. The third kappa shape index (κ3) is 2.98. The molecule has 86 valence electrons. The molecule has 0 saturated carbocycles. The van der Waals surface area contributed by atoms with E-state index in [2.05, 4.69) is 4.74 Å². The van der Waals surface area contributed by atoms with E-state index in [-0.39, 0.29) is 12.0 Å². The minimum atomic E-state index is -1.06. The number of hydrogen-bond acceptors (Lipinski definition) is 3. The lowest BCUT2D eigenvalue weighted by Gasteiger charge is -2.03. The molecule has 0 fully saturated rings. The maximum atomic E-state index is 11.3. The van der Waals surface area contributed by atoms with Crippen LogP contribution < -0.4 is 0 Å². The fraction of sp³-hybridized carbons (Fsp3) is 0.273. The maximum Gasteiger partial charge on any atom is 0.334 e. The van der Waals surface area contributed by atoms with Gasteiger partial charge in [0.1, 0.15) is 0 Å². The van der Waals surface area contributed by atoms with Gasteiger partial charge in [0.25, 0.3) is 0 Å². The first-order valence-corrected chi connectivity index (χ1v) is 4.66. The van der Waals surface area contributed by atoms with Gasteiger partial charge in [-0.15, -0.1) is 0 Å². The van der Waals surface area contributed by atoms with E-state index < -0.39 is 11.9 Å². The van der Waals surface area contributed by atoms with Crippen molar-refractivity contribution in [3.8, 4) is 0 Å². The maximum absolute atomic E-state index is 11.3. The van der Waals surface area contributed by atoms with E-state index in [1.165, 1.54) is 13.2 Å². The van der Waals surface area contributed by atoms with Crippen LogP contribution in [0.5, 0.6) is 0 Å². The van der Waals surface area contributed by atoms with Crippen molar-refractivity contribution in [1.82, 2.24) is 4.57 Å². The lowest BCUT2D eigenvalue weighted by atomic mass is 10.1. The van der Waals surface area contributed by atoms with Crippen LogP contribution in [0.15, 0.2) is 23.9 Å². The highest BCUT2D eigenvalue weighted by Gasteiger charge is 2.14. The second-order valence-electron chi connectivity index (χ2n) is 3.28. The van der Waals surface area contributed by atoms with Gasteiger partial charge < -0.3 is 14.4 Å². The quantitative estimate of drug-likeness (QED) is 0.612. The molecule has 1 heterocycles. The summed E-state index contributed by atoms with van der Waals surface area (Å²) in [5.74, 6) is -1.69. The smallest absolute Gasteiger partial charge is 0.334 e. The van der Waals surface area contributed by atoms with E-state index >= 15 is 0 Å². The summed E-state index contributed by atoms with van der Waals surface area (Å²) < 4.78 is 6.30. The summed E-state index contributed by atoms with van der Waals surface area (Å²) in [6.45, 7) is 0. The molecule has 0 aliphatic rings. The number of methoxy groups -OCH3 is 1. The predicted octanol–water partition coefficient (Wildman–Crippen LogP) is 1.06. The Morgan fingerprint density at radius 2 is 2.25 bits per heavy atom. The van der Waals surface area contributed by atoms with E-state index in [0.717, 1.165) is 5.69 Å². The van der Waals surface area contributed by atoms with Crippen LogP contribution in [-0.2, 0) is 21.4 Å². The van der Waals surface area contributed by atoms with Crippen LogP contribution in [0.2, 0.25) is 0 Å². The van der Waals surface area contributed by atoms with Crippen LogP contribution in [0.4, 0.5) is 0 Å². The Morgan fingerprint density at radius 1 is 1.56 bits per heavy atom.